The van der Waals surface area contributed by atoms with Crippen molar-refractivity contribution in [3.63, 3.8) is 0 Å². The summed E-state index contributed by atoms with van der Waals surface area (Å²) in [5.41, 5.74) is 5.31. The van der Waals surface area contributed by atoms with E-state index in [1.54, 1.807) is 0 Å². The Balaban J connectivity index is 1.81. The summed E-state index contributed by atoms with van der Waals surface area (Å²) in [4.78, 5) is 2.23. The second-order valence-corrected chi connectivity index (χ2v) is 7.61. The minimum absolute atomic E-state index is 0.121. The third kappa shape index (κ3) is 2.65. The maximum absolute atomic E-state index is 13.5. The van der Waals surface area contributed by atoms with E-state index in [0.717, 1.165) is 19.5 Å². The predicted molar refractivity (Wildman–Crippen MR) is 78.8 cm³/mol. The second-order valence-electron chi connectivity index (χ2n) is 5.70. The van der Waals surface area contributed by atoms with Crippen molar-refractivity contribution in [1.29, 1.82) is 0 Å². The molecule has 2 aliphatic heterocycles. The first-order chi connectivity index (χ1) is 10.00. The number of para-hydroxylation sites is 1. The third-order valence-electron chi connectivity index (χ3n) is 4.41. The van der Waals surface area contributed by atoms with Gasteiger partial charge >= 0.3 is 0 Å². The molecule has 0 radical (unpaired) electrons. The molecule has 2 saturated heterocycles. The van der Waals surface area contributed by atoms with Crippen molar-refractivity contribution in [2.45, 2.75) is 30.2 Å². The highest BCUT2D eigenvalue weighted by molar-refractivity contribution is 7.89. The Morgan fingerprint density at radius 1 is 1.19 bits per heavy atom. The smallest absolute Gasteiger partial charge is 0.245 e. The topological polar surface area (TPSA) is 66.6 Å². The highest BCUT2D eigenvalue weighted by atomic mass is 32.2. The summed E-state index contributed by atoms with van der Waals surface area (Å²) in [5.74, 6) is -0.689. The highest BCUT2D eigenvalue weighted by Gasteiger charge is 2.36. The van der Waals surface area contributed by atoms with Crippen molar-refractivity contribution >= 4 is 15.7 Å². The van der Waals surface area contributed by atoms with Crippen molar-refractivity contribution in [1.82, 2.24) is 9.21 Å². The Labute approximate surface area is 124 Å². The summed E-state index contributed by atoms with van der Waals surface area (Å²) in [5, 5.41) is 0. The van der Waals surface area contributed by atoms with Gasteiger partial charge in [0.15, 0.2) is 0 Å². The largest absolute Gasteiger partial charge is 0.395 e. The van der Waals surface area contributed by atoms with Crippen LogP contribution in [0.2, 0.25) is 0 Å². The van der Waals surface area contributed by atoms with Crippen LogP contribution in [0.25, 0.3) is 0 Å². The molecule has 2 heterocycles. The number of nitrogens with two attached hydrogens (primary N) is 1. The van der Waals surface area contributed by atoms with Gasteiger partial charge in [-0.2, -0.15) is 4.31 Å². The lowest BCUT2D eigenvalue weighted by Gasteiger charge is -2.23. The lowest BCUT2D eigenvalue weighted by Crippen LogP contribution is -2.37. The molecule has 1 aromatic carbocycles. The molecule has 0 aliphatic carbocycles. The van der Waals surface area contributed by atoms with Crippen molar-refractivity contribution in [3.05, 3.63) is 24.0 Å². The molecule has 116 valence electrons. The number of benzene rings is 1. The van der Waals surface area contributed by atoms with Gasteiger partial charge in [-0.1, -0.05) is 6.07 Å². The zero-order valence-electron chi connectivity index (χ0n) is 11.8. The van der Waals surface area contributed by atoms with Crippen molar-refractivity contribution in [2.24, 2.45) is 0 Å². The van der Waals surface area contributed by atoms with E-state index in [-0.39, 0.29) is 16.6 Å². The molecule has 0 amide bonds. The lowest BCUT2D eigenvalue weighted by atomic mass is 10.2. The number of halogens is 1. The zero-order valence-corrected chi connectivity index (χ0v) is 12.7. The van der Waals surface area contributed by atoms with Gasteiger partial charge in [0.2, 0.25) is 10.0 Å². The fraction of sp³-hybridized carbons (Fsp3) is 0.571. The van der Waals surface area contributed by atoms with Crippen LogP contribution in [-0.2, 0) is 10.0 Å². The molecule has 3 rings (SSSR count). The fourth-order valence-corrected chi connectivity index (χ4v) is 4.83. The Hall–Kier alpha value is -1.18. The molecule has 1 unspecified atom stereocenters. The minimum atomic E-state index is -3.71. The van der Waals surface area contributed by atoms with Crippen molar-refractivity contribution in [3.8, 4) is 0 Å². The van der Waals surface area contributed by atoms with Gasteiger partial charge in [-0.3, -0.25) is 4.90 Å². The molecule has 7 heteroatoms. The first kappa shape index (κ1) is 14.7. The van der Waals surface area contributed by atoms with Crippen molar-refractivity contribution in [2.75, 3.05) is 31.9 Å². The standard InChI is InChI=1S/C14H20FN3O2S/c15-12-4-3-5-13(14(12)16)21(19,20)18-9-6-11(10-18)17-7-1-2-8-17/h3-5,11H,1-2,6-10,16H2. The monoisotopic (exact) mass is 313 g/mol. The molecule has 0 saturated carbocycles. The number of anilines is 1. The van der Waals surface area contributed by atoms with E-state index in [4.69, 9.17) is 5.73 Å². The van der Waals surface area contributed by atoms with E-state index >= 15 is 0 Å². The van der Waals surface area contributed by atoms with E-state index in [0.29, 0.717) is 13.1 Å². The normalized spacial score (nSPS) is 24.7. The van der Waals surface area contributed by atoms with E-state index in [1.165, 1.54) is 35.3 Å². The molecule has 2 aliphatic rings. The average Bonchev–Trinajstić information content (AvgIpc) is 3.11. The van der Waals surface area contributed by atoms with Crippen LogP contribution in [0.15, 0.2) is 23.1 Å². The molecule has 0 aromatic heterocycles. The summed E-state index contributed by atoms with van der Waals surface area (Å²) >= 11 is 0. The Bertz CT molecular complexity index is 629. The average molecular weight is 313 g/mol. The molecule has 1 aromatic rings. The van der Waals surface area contributed by atoms with E-state index in [9.17, 15) is 12.8 Å². The van der Waals surface area contributed by atoms with Crippen LogP contribution in [0, 0.1) is 5.82 Å². The maximum Gasteiger partial charge on any atom is 0.245 e. The van der Waals surface area contributed by atoms with Crippen LogP contribution < -0.4 is 5.73 Å². The summed E-state index contributed by atoms with van der Waals surface area (Å²) in [6.45, 7) is 3.03. The quantitative estimate of drug-likeness (QED) is 0.853. The molecule has 0 spiro atoms. The van der Waals surface area contributed by atoms with Gasteiger partial charge < -0.3 is 5.73 Å². The first-order valence-electron chi connectivity index (χ1n) is 7.28. The zero-order chi connectivity index (χ0) is 15.0. The molecule has 0 bridgehead atoms. The maximum atomic E-state index is 13.5. The molecular weight excluding hydrogens is 293 g/mol. The number of likely N-dealkylation sites (tertiary alicyclic amines) is 1. The van der Waals surface area contributed by atoms with Gasteiger partial charge in [-0.15, -0.1) is 0 Å². The number of sulfonamides is 1. The lowest BCUT2D eigenvalue weighted by molar-refractivity contribution is 0.251. The molecule has 21 heavy (non-hydrogen) atoms. The number of nitrogens with zero attached hydrogens (tertiary/aromatic N) is 2. The number of nitrogen functional groups attached to an aromatic ring is 1. The summed E-state index contributed by atoms with van der Waals surface area (Å²) in [7, 11) is -3.71. The number of hydrogen-bond acceptors (Lipinski definition) is 4. The fourth-order valence-electron chi connectivity index (χ4n) is 3.22. The predicted octanol–water partition coefficient (Wildman–Crippen LogP) is 1.27. The third-order valence-corrected chi connectivity index (χ3v) is 6.34. The van der Waals surface area contributed by atoms with Gasteiger partial charge in [-0.05, 0) is 44.5 Å². The molecule has 2 N–H and O–H groups in total. The van der Waals surface area contributed by atoms with Crippen LogP contribution in [-0.4, -0.2) is 49.8 Å². The van der Waals surface area contributed by atoms with Gasteiger partial charge in [0, 0.05) is 19.1 Å². The molecule has 2 fully saturated rings. The Morgan fingerprint density at radius 2 is 1.90 bits per heavy atom. The van der Waals surface area contributed by atoms with Gasteiger partial charge in [0.25, 0.3) is 0 Å². The van der Waals surface area contributed by atoms with Crippen LogP contribution >= 0.6 is 0 Å². The van der Waals surface area contributed by atoms with Crippen LogP contribution in [0.1, 0.15) is 19.3 Å². The summed E-state index contributed by atoms with van der Waals surface area (Å²) in [6.07, 6.45) is 3.19. The number of rotatable bonds is 3. The summed E-state index contributed by atoms with van der Waals surface area (Å²) in [6, 6.07) is 4.20. The van der Waals surface area contributed by atoms with Crippen LogP contribution in [0.4, 0.5) is 10.1 Å². The Morgan fingerprint density at radius 3 is 2.62 bits per heavy atom. The Kier molecular flexibility index (Phi) is 3.90. The van der Waals surface area contributed by atoms with Gasteiger partial charge in [0.1, 0.15) is 10.7 Å². The van der Waals surface area contributed by atoms with Gasteiger partial charge in [-0.25, -0.2) is 12.8 Å². The minimum Gasteiger partial charge on any atom is -0.395 e. The molecular formula is C14H20FN3O2S. The van der Waals surface area contributed by atoms with Gasteiger partial charge in [0.05, 0.1) is 5.69 Å². The van der Waals surface area contributed by atoms with Crippen LogP contribution in [0.3, 0.4) is 0 Å². The summed E-state index contributed by atoms with van der Waals surface area (Å²) < 4.78 is 40.2. The first-order valence-corrected chi connectivity index (χ1v) is 8.72. The van der Waals surface area contributed by atoms with E-state index in [1.807, 2.05) is 0 Å². The molecule has 1 atom stereocenters. The van der Waals surface area contributed by atoms with E-state index < -0.39 is 15.8 Å². The van der Waals surface area contributed by atoms with E-state index in [2.05, 4.69) is 4.90 Å². The second kappa shape index (κ2) is 5.55. The SMILES string of the molecule is Nc1c(F)cccc1S(=O)(=O)N1CCC(N2CCCC2)C1. The van der Waals surface area contributed by atoms with Crippen LogP contribution in [0.5, 0.6) is 0 Å². The highest BCUT2D eigenvalue weighted by Crippen LogP contribution is 2.29. The molecule has 5 nitrogen and oxygen atoms in total. The number of hydrogen-bond donors (Lipinski definition) is 1. The van der Waals surface area contributed by atoms with Crippen molar-refractivity contribution < 1.29 is 12.8 Å².